The van der Waals surface area contributed by atoms with Crippen LogP contribution in [0, 0.1) is 0 Å². The lowest BCUT2D eigenvalue weighted by Gasteiger charge is -2.27. The van der Waals surface area contributed by atoms with Gasteiger partial charge in [-0.2, -0.15) is 0 Å². The minimum Gasteiger partial charge on any atom is -0.379 e. The molecule has 1 fully saturated rings. The van der Waals surface area contributed by atoms with Gasteiger partial charge in [-0.15, -0.1) is 0 Å². The second-order valence-electron chi connectivity index (χ2n) is 4.82. The molecule has 0 aromatic heterocycles. The van der Waals surface area contributed by atoms with E-state index >= 15 is 0 Å². The highest BCUT2D eigenvalue weighted by Gasteiger charge is 2.09. The molecule has 0 spiro atoms. The van der Waals surface area contributed by atoms with Crippen LogP contribution in [0.5, 0.6) is 0 Å². The Bertz CT molecular complexity index is 159. The second-order valence-corrected chi connectivity index (χ2v) is 4.82. The van der Waals surface area contributed by atoms with E-state index in [9.17, 15) is 0 Å². The van der Waals surface area contributed by atoms with Crippen molar-refractivity contribution < 1.29 is 4.74 Å². The average Bonchev–Trinajstić information content (AvgIpc) is 2.40. The standard InChI is InChI=1S/C11H24N2O.C3H9N/c1-3-5-12(2)6-4-7-13-8-10-14-11-9-13;1-3-4-2/h3-11H2,1-2H3;4H,3H2,1-2H3. The first-order chi connectivity index (χ1) is 8.74. The molecule has 18 heavy (non-hydrogen) atoms. The zero-order chi connectivity index (χ0) is 13.6. The Labute approximate surface area is 114 Å². The largest absolute Gasteiger partial charge is 0.379 e. The maximum absolute atomic E-state index is 5.31. The van der Waals surface area contributed by atoms with Crippen LogP contribution in [0.25, 0.3) is 0 Å². The summed E-state index contributed by atoms with van der Waals surface area (Å²) in [6.07, 6.45) is 2.55. The van der Waals surface area contributed by atoms with E-state index in [0.29, 0.717) is 0 Å². The Kier molecular flexibility index (Phi) is 13.2. The van der Waals surface area contributed by atoms with Crippen LogP contribution >= 0.6 is 0 Å². The summed E-state index contributed by atoms with van der Waals surface area (Å²) >= 11 is 0. The van der Waals surface area contributed by atoms with Gasteiger partial charge in [0.25, 0.3) is 0 Å². The van der Waals surface area contributed by atoms with Crippen molar-refractivity contribution in [1.82, 2.24) is 15.1 Å². The van der Waals surface area contributed by atoms with E-state index in [-0.39, 0.29) is 0 Å². The summed E-state index contributed by atoms with van der Waals surface area (Å²) in [5.74, 6) is 0. The summed E-state index contributed by atoms with van der Waals surface area (Å²) in [7, 11) is 4.14. The maximum atomic E-state index is 5.31. The van der Waals surface area contributed by atoms with Crippen LogP contribution in [-0.4, -0.2) is 76.4 Å². The molecule has 0 aromatic rings. The number of nitrogens with one attached hydrogen (secondary N) is 1. The number of nitrogens with zero attached hydrogens (tertiary/aromatic N) is 2. The van der Waals surface area contributed by atoms with E-state index in [1.807, 2.05) is 7.05 Å². The maximum Gasteiger partial charge on any atom is 0.0594 e. The van der Waals surface area contributed by atoms with Crippen LogP contribution in [0.15, 0.2) is 0 Å². The van der Waals surface area contributed by atoms with E-state index in [4.69, 9.17) is 4.74 Å². The van der Waals surface area contributed by atoms with E-state index in [0.717, 1.165) is 32.8 Å². The van der Waals surface area contributed by atoms with E-state index < -0.39 is 0 Å². The highest BCUT2D eigenvalue weighted by atomic mass is 16.5. The topological polar surface area (TPSA) is 27.7 Å². The molecule has 0 saturated carbocycles. The zero-order valence-corrected chi connectivity index (χ0v) is 12.9. The van der Waals surface area contributed by atoms with Crippen LogP contribution < -0.4 is 5.32 Å². The van der Waals surface area contributed by atoms with Gasteiger partial charge in [-0.1, -0.05) is 13.8 Å². The molecular weight excluding hydrogens is 226 g/mol. The quantitative estimate of drug-likeness (QED) is 0.745. The second kappa shape index (κ2) is 13.3. The van der Waals surface area contributed by atoms with Gasteiger partial charge >= 0.3 is 0 Å². The van der Waals surface area contributed by atoms with Gasteiger partial charge in [0.2, 0.25) is 0 Å². The number of hydrogen-bond acceptors (Lipinski definition) is 4. The van der Waals surface area contributed by atoms with Gasteiger partial charge in [0.05, 0.1) is 13.2 Å². The molecule has 0 unspecified atom stereocenters. The van der Waals surface area contributed by atoms with Crippen molar-refractivity contribution in [2.45, 2.75) is 26.7 Å². The lowest BCUT2D eigenvalue weighted by Crippen LogP contribution is -2.37. The summed E-state index contributed by atoms with van der Waals surface area (Å²) in [5, 5.41) is 2.93. The van der Waals surface area contributed by atoms with Gasteiger partial charge in [-0.3, -0.25) is 4.90 Å². The van der Waals surface area contributed by atoms with Crippen molar-refractivity contribution in [2.24, 2.45) is 0 Å². The van der Waals surface area contributed by atoms with Crippen molar-refractivity contribution in [1.29, 1.82) is 0 Å². The predicted octanol–water partition coefficient (Wildman–Crippen LogP) is 1.28. The van der Waals surface area contributed by atoms with Gasteiger partial charge in [0.1, 0.15) is 0 Å². The molecule has 1 heterocycles. The molecule has 1 saturated heterocycles. The molecule has 110 valence electrons. The van der Waals surface area contributed by atoms with Crippen LogP contribution in [0.4, 0.5) is 0 Å². The Morgan fingerprint density at radius 3 is 2.28 bits per heavy atom. The van der Waals surface area contributed by atoms with Gasteiger partial charge in [0.15, 0.2) is 0 Å². The van der Waals surface area contributed by atoms with E-state index in [1.54, 1.807) is 0 Å². The monoisotopic (exact) mass is 259 g/mol. The minimum absolute atomic E-state index is 0.921. The number of hydrogen-bond donors (Lipinski definition) is 1. The summed E-state index contributed by atoms with van der Waals surface area (Å²) in [6.45, 7) is 13.1. The van der Waals surface area contributed by atoms with E-state index in [2.05, 4.69) is 36.0 Å². The third-order valence-electron chi connectivity index (χ3n) is 3.08. The molecule has 0 aliphatic carbocycles. The van der Waals surface area contributed by atoms with Crippen LogP contribution in [0.2, 0.25) is 0 Å². The predicted molar refractivity (Wildman–Crippen MR) is 79.3 cm³/mol. The fourth-order valence-corrected chi connectivity index (χ4v) is 1.88. The summed E-state index contributed by atoms with van der Waals surface area (Å²) in [5.41, 5.74) is 0. The minimum atomic E-state index is 0.921. The van der Waals surface area contributed by atoms with Crippen molar-refractivity contribution >= 4 is 0 Å². The smallest absolute Gasteiger partial charge is 0.0594 e. The highest BCUT2D eigenvalue weighted by Crippen LogP contribution is 1.99. The molecule has 4 heteroatoms. The average molecular weight is 259 g/mol. The number of rotatable bonds is 7. The molecule has 1 rings (SSSR count). The Morgan fingerprint density at radius 2 is 1.78 bits per heavy atom. The zero-order valence-electron chi connectivity index (χ0n) is 12.9. The number of morpholine rings is 1. The van der Waals surface area contributed by atoms with Gasteiger partial charge in [-0.05, 0) is 53.1 Å². The highest BCUT2D eigenvalue weighted by molar-refractivity contribution is 4.62. The Hall–Kier alpha value is -0.160. The van der Waals surface area contributed by atoms with Gasteiger partial charge < -0.3 is 15.0 Å². The third kappa shape index (κ3) is 11.0. The van der Waals surface area contributed by atoms with Crippen molar-refractivity contribution in [3.05, 3.63) is 0 Å². The molecule has 4 nitrogen and oxygen atoms in total. The lowest BCUT2D eigenvalue weighted by atomic mass is 10.3. The summed E-state index contributed by atoms with van der Waals surface area (Å²) in [6, 6.07) is 0. The molecule has 1 aliphatic heterocycles. The van der Waals surface area contributed by atoms with E-state index in [1.165, 1.54) is 32.5 Å². The molecule has 0 atom stereocenters. The van der Waals surface area contributed by atoms with Crippen molar-refractivity contribution in [2.75, 3.05) is 66.6 Å². The number of ether oxygens (including phenoxy) is 1. The van der Waals surface area contributed by atoms with Crippen LogP contribution in [0.3, 0.4) is 0 Å². The SMILES string of the molecule is CCCN(C)CCCN1CCOCC1.CCNC. The third-order valence-corrected chi connectivity index (χ3v) is 3.08. The fourth-order valence-electron chi connectivity index (χ4n) is 1.88. The van der Waals surface area contributed by atoms with Crippen molar-refractivity contribution in [3.8, 4) is 0 Å². The first-order valence-electron chi connectivity index (χ1n) is 7.37. The Morgan fingerprint density at radius 1 is 1.17 bits per heavy atom. The van der Waals surface area contributed by atoms with Crippen molar-refractivity contribution in [3.63, 3.8) is 0 Å². The Balaban J connectivity index is 0.000000631. The molecule has 1 aliphatic rings. The molecule has 0 radical (unpaired) electrons. The summed E-state index contributed by atoms with van der Waals surface area (Å²) < 4.78 is 5.31. The molecular formula is C14H33N3O. The first-order valence-corrected chi connectivity index (χ1v) is 7.37. The molecule has 1 N–H and O–H groups in total. The normalized spacial score (nSPS) is 16.5. The summed E-state index contributed by atoms with van der Waals surface area (Å²) in [4.78, 5) is 4.92. The van der Waals surface area contributed by atoms with Crippen LogP contribution in [-0.2, 0) is 4.74 Å². The van der Waals surface area contributed by atoms with Crippen LogP contribution in [0.1, 0.15) is 26.7 Å². The lowest BCUT2D eigenvalue weighted by molar-refractivity contribution is 0.0364. The fraction of sp³-hybridized carbons (Fsp3) is 1.00. The molecule has 0 bridgehead atoms. The van der Waals surface area contributed by atoms with Gasteiger partial charge in [0, 0.05) is 13.1 Å². The first kappa shape index (κ1) is 17.8. The molecule has 0 amide bonds. The van der Waals surface area contributed by atoms with Gasteiger partial charge in [-0.25, -0.2) is 0 Å². The molecule has 0 aromatic carbocycles.